The lowest BCUT2D eigenvalue weighted by molar-refractivity contribution is -0.129. The van der Waals surface area contributed by atoms with E-state index in [4.69, 9.17) is 0 Å². The summed E-state index contributed by atoms with van der Waals surface area (Å²) in [6.45, 7) is 1.77. The van der Waals surface area contributed by atoms with E-state index < -0.39 is 0 Å². The number of hydrogen-bond acceptors (Lipinski definition) is 2. The molecular weight excluding hydrogens is 128 g/mol. The van der Waals surface area contributed by atoms with Gasteiger partial charge in [0, 0.05) is 19.5 Å². The van der Waals surface area contributed by atoms with Crippen molar-refractivity contribution in [2.45, 2.75) is 12.8 Å². The van der Waals surface area contributed by atoms with Crippen molar-refractivity contribution in [3.63, 3.8) is 0 Å². The molecule has 1 amide bonds. The van der Waals surface area contributed by atoms with Crippen molar-refractivity contribution >= 4 is 5.91 Å². The van der Waals surface area contributed by atoms with Crippen LogP contribution in [-0.2, 0) is 4.79 Å². The van der Waals surface area contributed by atoms with E-state index in [2.05, 4.69) is 11.4 Å². The molecule has 2 rings (SSSR count). The van der Waals surface area contributed by atoms with Crippen molar-refractivity contribution in [1.82, 2.24) is 10.2 Å². The molecular formula is C7H10N2O. The third-order valence-electron chi connectivity index (χ3n) is 1.93. The van der Waals surface area contributed by atoms with Crippen molar-refractivity contribution in [3.05, 3.63) is 11.9 Å². The van der Waals surface area contributed by atoms with Crippen molar-refractivity contribution in [2.75, 3.05) is 13.1 Å². The summed E-state index contributed by atoms with van der Waals surface area (Å²) in [7, 11) is 0. The SMILES string of the molecule is O=C1CCC=C2NCCN12. The first-order valence-electron chi connectivity index (χ1n) is 3.62. The van der Waals surface area contributed by atoms with Crippen LogP contribution in [0.4, 0.5) is 0 Å². The molecule has 2 heterocycles. The number of amides is 1. The minimum absolute atomic E-state index is 0.266. The van der Waals surface area contributed by atoms with E-state index in [9.17, 15) is 4.79 Å². The standard InChI is InChI=1S/C7H10N2O/c10-7-3-1-2-6-8-4-5-9(6)7/h2,8H,1,3-5H2. The molecule has 1 saturated heterocycles. The van der Waals surface area contributed by atoms with Crippen LogP contribution in [0.1, 0.15) is 12.8 Å². The molecule has 3 heteroatoms. The molecule has 0 unspecified atom stereocenters. The smallest absolute Gasteiger partial charge is 0.228 e. The molecule has 0 spiro atoms. The second-order valence-corrected chi connectivity index (χ2v) is 2.60. The topological polar surface area (TPSA) is 32.3 Å². The Morgan fingerprint density at radius 1 is 1.60 bits per heavy atom. The Kier molecular flexibility index (Phi) is 1.16. The van der Waals surface area contributed by atoms with E-state index >= 15 is 0 Å². The van der Waals surface area contributed by atoms with Crippen LogP contribution in [0.2, 0.25) is 0 Å². The first-order valence-corrected chi connectivity index (χ1v) is 3.62. The summed E-state index contributed by atoms with van der Waals surface area (Å²) in [5.74, 6) is 1.29. The summed E-state index contributed by atoms with van der Waals surface area (Å²) in [5, 5.41) is 3.16. The Hall–Kier alpha value is -0.990. The molecule has 0 saturated carbocycles. The number of rotatable bonds is 0. The lowest BCUT2D eigenvalue weighted by Crippen LogP contribution is -2.30. The van der Waals surface area contributed by atoms with Crippen LogP contribution in [0.5, 0.6) is 0 Å². The maximum atomic E-state index is 11.1. The zero-order valence-electron chi connectivity index (χ0n) is 5.76. The van der Waals surface area contributed by atoms with Gasteiger partial charge in [-0.1, -0.05) is 0 Å². The van der Waals surface area contributed by atoms with Crippen LogP contribution in [0.25, 0.3) is 0 Å². The number of fused-ring (bicyclic) bond motifs is 1. The maximum absolute atomic E-state index is 11.1. The Bertz CT molecular complexity index is 198. The van der Waals surface area contributed by atoms with Crippen molar-refractivity contribution in [1.29, 1.82) is 0 Å². The van der Waals surface area contributed by atoms with Gasteiger partial charge in [-0.15, -0.1) is 0 Å². The fourth-order valence-electron chi connectivity index (χ4n) is 1.42. The highest BCUT2D eigenvalue weighted by Gasteiger charge is 2.24. The van der Waals surface area contributed by atoms with Gasteiger partial charge in [-0.05, 0) is 12.5 Å². The minimum atomic E-state index is 0.266. The number of carbonyl (C=O) groups is 1. The van der Waals surface area contributed by atoms with Gasteiger partial charge in [0.15, 0.2) is 0 Å². The Morgan fingerprint density at radius 3 is 3.30 bits per heavy atom. The highest BCUT2D eigenvalue weighted by molar-refractivity contribution is 5.79. The molecule has 0 atom stereocenters. The molecule has 0 aliphatic carbocycles. The van der Waals surface area contributed by atoms with Crippen LogP contribution < -0.4 is 5.32 Å². The van der Waals surface area contributed by atoms with Gasteiger partial charge in [0.2, 0.25) is 5.91 Å². The summed E-state index contributed by atoms with van der Waals surface area (Å²) in [6.07, 6.45) is 3.68. The lowest BCUT2D eigenvalue weighted by Gasteiger charge is -2.20. The Labute approximate surface area is 59.7 Å². The maximum Gasteiger partial charge on any atom is 0.228 e. The van der Waals surface area contributed by atoms with Crippen LogP contribution >= 0.6 is 0 Å². The Morgan fingerprint density at radius 2 is 2.50 bits per heavy atom. The second-order valence-electron chi connectivity index (χ2n) is 2.60. The molecule has 2 aliphatic heterocycles. The molecule has 54 valence electrons. The van der Waals surface area contributed by atoms with Gasteiger partial charge >= 0.3 is 0 Å². The van der Waals surface area contributed by atoms with Crippen LogP contribution in [-0.4, -0.2) is 23.9 Å². The number of hydrogen-bond donors (Lipinski definition) is 1. The zero-order valence-corrected chi connectivity index (χ0v) is 5.76. The van der Waals surface area contributed by atoms with Crippen molar-refractivity contribution in [3.8, 4) is 0 Å². The molecule has 0 aromatic carbocycles. The molecule has 2 aliphatic rings. The third-order valence-corrected chi connectivity index (χ3v) is 1.93. The predicted molar refractivity (Wildman–Crippen MR) is 37.0 cm³/mol. The molecule has 3 nitrogen and oxygen atoms in total. The highest BCUT2D eigenvalue weighted by Crippen LogP contribution is 2.16. The summed E-state index contributed by atoms with van der Waals surface area (Å²) in [4.78, 5) is 12.9. The summed E-state index contributed by atoms with van der Waals surface area (Å²) >= 11 is 0. The molecule has 0 radical (unpaired) electrons. The van der Waals surface area contributed by atoms with Gasteiger partial charge in [0.25, 0.3) is 0 Å². The molecule has 10 heavy (non-hydrogen) atoms. The average Bonchev–Trinajstić information content (AvgIpc) is 2.36. The van der Waals surface area contributed by atoms with Crippen LogP contribution in [0, 0.1) is 0 Å². The van der Waals surface area contributed by atoms with E-state index in [1.807, 2.05) is 4.90 Å². The van der Waals surface area contributed by atoms with Crippen molar-refractivity contribution < 1.29 is 4.79 Å². The van der Waals surface area contributed by atoms with E-state index in [1.54, 1.807) is 0 Å². The van der Waals surface area contributed by atoms with Gasteiger partial charge in [-0.2, -0.15) is 0 Å². The normalized spacial score (nSPS) is 23.8. The quantitative estimate of drug-likeness (QED) is 0.513. The predicted octanol–water partition coefficient (Wildman–Crippen LogP) is 0.0534. The first-order chi connectivity index (χ1) is 4.88. The molecule has 0 aromatic heterocycles. The van der Waals surface area contributed by atoms with Gasteiger partial charge in [-0.3, -0.25) is 9.69 Å². The van der Waals surface area contributed by atoms with Crippen LogP contribution in [0.3, 0.4) is 0 Å². The van der Waals surface area contributed by atoms with E-state index in [1.165, 1.54) is 0 Å². The summed E-state index contributed by atoms with van der Waals surface area (Å²) < 4.78 is 0. The fraction of sp³-hybridized carbons (Fsp3) is 0.571. The Balaban J connectivity index is 2.26. The molecule has 1 fully saturated rings. The van der Waals surface area contributed by atoms with E-state index in [-0.39, 0.29) is 5.91 Å². The number of nitrogens with one attached hydrogen (secondary N) is 1. The lowest BCUT2D eigenvalue weighted by atomic mass is 10.2. The van der Waals surface area contributed by atoms with E-state index in [0.717, 1.165) is 25.3 Å². The largest absolute Gasteiger partial charge is 0.370 e. The fourth-order valence-corrected chi connectivity index (χ4v) is 1.42. The minimum Gasteiger partial charge on any atom is -0.370 e. The van der Waals surface area contributed by atoms with Gasteiger partial charge in [0.05, 0.1) is 0 Å². The third kappa shape index (κ3) is 0.701. The molecule has 1 N–H and O–H groups in total. The van der Waals surface area contributed by atoms with Gasteiger partial charge < -0.3 is 5.32 Å². The van der Waals surface area contributed by atoms with Crippen molar-refractivity contribution in [2.24, 2.45) is 0 Å². The summed E-state index contributed by atoms with van der Waals surface area (Å²) in [6, 6.07) is 0. The average molecular weight is 138 g/mol. The monoisotopic (exact) mass is 138 g/mol. The first kappa shape index (κ1) is 5.77. The highest BCUT2D eigenvalue weighted by atomic mass is 16.2. The number of nitrogens with zero attached hydrogens (tertiary/aromatic N) is 1. The summed E-state index contributed by atoms with van der Waals surface area (Å²) in [5.41, 5.74) is 0. The van der Waals surface area contributed by atoms with E-state index in [0.29, 0.717) is 6.42 Å². The number of carbonyl (C=O) groups excluding carboxylic acids is 1. The van der Waals surface area contributed by atoms with Gasteiger partial charge in [-0.25, -0.2) is 0 Å². The second kappa shape index (κ2) is 2.01. The molecule has 0 bridgehead atoms. The van der Waals surface area contributed by atoms with Gasteiger partial charge in [0.1, 0.15) is 5.82 Å². The number of allylic oxidation sites excluding steroid dienone is 1. The zero-order chi connectivity index (χ0) is 6.97. The van der Waals surface area contributed by atoms with Crippen LogP contribution in [0.15, 0.2) is 11.9 Å². The molecule has 0 aromatic rings.